The van der Waals surface area contributed by atoms with Crippen molar-refractivity contribution in [2.75, 3.05) is 13.1 Å². The average Bonchev–Trinajstić information content (AvgIpc) is 3.34. The molecule has 5 heteroatoms. The highest BCUT2D eigenvalue weighted by Gasteiger charge is 2.34. The van der Waals surface area contributed by atoms with Crippen LogP contribution in [0.15, 0.2) is 66.0 Å². The molecule has 0 fully saturated rings. The molecule has 1 aromatic heterocycles. The summed E-state index contributed by atoms with van der Waals surface area (Å²) in [7, 11) is 0. The van der Waals surface area contributed by atoms with Gasteiger partial charge in [0.05, 0.1) is 6.04 Å². The number of amides is 2. The molecule has 3 aromatic rings. The van der Waals surface area contributed by atoms with E-state index in [4.69, 9.17) is 0 Å². The number of rotatable bonds is 7. The largest absolute Gasteiger partial charge is 0.331 e. The number of thiophene rings is 1. The Balaban J connectivity index is 1.54. The van der Waals surface area contributed by atoms with Crippen LogP contribution in [0.3, 0.4) is 0 Å². The Labute approximate surface area is 219 Å². The number of nitrogens with zero attached hydrogens (tertiary/aromatic N) is 2. The van der Waals surface area contributed by atoms with Crippen molar-refractivity contribution in [2.45, 2.75) is 71.4 Å². The van der Waals surface area contributed by atoms with E-state index >= 15 is 0 Å². The van der Waals surface area contributed by atoms with Crippen LogP contribution in [0, 0.1) is 0 Å². The van der Waals surface area contributed by atoms with Crippen molar-refractivity contribution >= 4 is 23.2 Å². The van der Waals surface area contributed by atoms with Gasteiger partial charge in [0.1, 0.15) is 6.54 Å². The molecule has 1 aliphatic rings. The first-order chi connectivity index (χ1) is 17.1. The van der Waals surface area contributed by atoms with Crippen LogP contribution in [-0.2, 0) is 27.8 Å². The molecule has 0 N–H and O–H groups in total. The minimum atomic E-state index is -0.116. The second-order valence-electron chi connectivity index (χ2n) is 11.0. The van der Waals surface area contributed by atoms with Crippen molar-refractivity contribution in [2.24, 2.45) is 0 Å². The molecule has 2 aromatic carbocycles. The quantitative estimate of drug-likeness (QED) is 0.376. The zero-order chi connectivity index (χ0) is 25.9. The Bertz CT molecular complexity index is 1180. The van der Waals surface area contributed by atoms with Crippen LogP contribution in [-0.4, -0.2) is 40.7 Å². The van der Waals surface area contributed by atoms with E-state index in [0.717, 1.165) is 17.5 Å². The third-order valence-corrected chi connectivity index (χ3v) is 8.09. The summed E-state index contributed by atoms with van der Waals surface area (Å²) in [5, 5.41) is 2.13. The van der Waals surface area contributed by atoms with Gasteiger partial charge in [-0.15, -0.1) is 11.3 Å². The highest BCUT2D eigenvalue weighted by molar-refractivity contribution is 7.10. The zero-order valence-corrected chi connectivity index (χ0v) is 23.0. The molecule has 4 rings (SSSR count). The van der Waals surface area contributed by atoms with Crippen LogP contribution in [0.4, 0.5) is 0 Å². The molecule has 0 saturated heterocycles. The maximum atomic E-state index is 13.8. The average molecular weight is 503 g/mol. The molecule has 0 spiro atoms. The Kier molecular flexibility index (Phi) is 7.99. The van der Waals surface area contributed by atoms with Gasteiger partial charge < -0.3 is 9.80 Å². The second-order valence-corrected chi connectivity index (χ2v) is 12.0. The van der Waals surface area contributed by atoms with E-state index in [2.05, 4.69) is 56.5 Å². The molecule has 1 aliphatic heterocycles. The third-order valence-electron chi connectivity index (χ3n) is 7.10. The molecule has 0 bridgehead atoms. The fraction of sp³-hybridized carbons (Fsp3) is 0.419. The lowest BCUT2D eigenvalue weighted by molar-refractivity contribution is -0.143. The van der Waals surface area contributed by atoms with Crippen LogP contribution in [0.5, 0.6) is 0 Å². The molecule has 1 unspecified atom stereocenters. The molecular formula is C31H38N2O2S. The first-order valence-electron chi connectivity index (χ1n) is 12.9. The summed E-state index contributed by atoms with van der Waals surface area (Å²) in [6.07, 6.45) is 1.95. The second kappa shape index (κ2) is 11.0. The van der Waals surface area contributed by atoms with Crippen molar-refractivity contribution in [1.82, 2.24) is 9.80 Å². The summed E-state index contributed by atoms with van der Waals surface area (Å²) >= 11 is 1.77. The fourth-order valence-corrected chi connectivity index (χ4v) is 5.85. The lowest BCUT2D eigenvalue weighted by Gasteiger charge is -2.38. The lowest BCUT2D eigenvalue weighted by Crippen LogP contribution is -2.48. The Morgan fingerprint density at radius 1 is 1.03 bits per heavy atom. The molecule has 4 nitrogen and oxygen atoms in total. The summed E-state index contributed by atoms with van der Waals surface area (Å²) < 4.78 is 0. The van der Waals surface area contributed by atoms with E-state index in [0.29, 0.717) is 19.4 Å². The SMILES string of the molecule is CC(C)N(CC(=O)N1CCc2sccc2C1c1ccc(C(C)(C)C)cc1)C(=O)CCc1ccccc1. The summed E-state index contributed by atoms with van der Waals surface area (Å²) in [5.74, 6) is 0.0417. The maximum Gasteiger partial charge on any atom is 0.243 e. The molecular weight excluding hydrogens is 464 g/mol. The first kappa shape index (κ1) is 26.2. The number of carbonyl (C=O) groups excluding carboxylic acids is 2. The van der Waals surface area contributed by atoms with Gasteiger partial charge in [-0.25, -0.2) is 0 Å². The Morgan fingerprint density at radius 2 is 1.72 bits per heavy atom. The normalized spacial score (nSPS) is 15.6. The van der Waals surface area contributed by atoms with E-state index in [1.807, 2.05) is 49.1 Å². The van der Waals surface area contributed by atoms with E-state index in [1.54, 1.807) is 16.2 Å². The van der Waals surface area contributed by atoms with Crippen LogP contribution in [0.1, 0.15) is 74.2 Å². The van der Waals surface area contributed by atoms with Gasteiger partial charge >= 0.3 is 0 Å². The van der Waals surface area contributed by atoms with Crippen LogP contribution in [0.25, 0.3) is 0 Å². The summed E-state index contributed by atoms with van der Waals surface area (Å²) in [5.41, 5.74) is 4.84. The fourth-order valence-electron chi connectivity index (χ4n) is 4.94. The first-order valence-corrected chi connectivity index (χ1v) is 13.8. The highest BCUT2D eigenvalue weighted by atomic mass is 32.1. The summed E-state index contributed by atoms with van der Waals surface area (Å²) in [6.45, 7) is 11.4. The van der Waals surface area contributed by atoms with Crippen molar-refractivity contribution in [3.63, 3.8) is 0 Å². The molecule has 36 heavy (non-hydrogen) atoms. The maximum absolute atomic E-state index is 13.8. The summed E-state index contributed by atoms with van der Waals surface area (Å²) in [4.78, 5) is 32.0. The van der Waals surface area contributed by atoms with Gasteiger partial charge in [-0.2, -0.15) is 0 Å². The van der Waals surface area contributed by atoms with Crippen LogP contribution >= 0.6 is 11.3 Å². The van der Waals surface area contributed by atoms with Gasteiger partial charge in [0.2, 0.25) is 11.8 Å². The van der Waals surface area contributed by atoms with E-state index in [-0.39, 0.29) is 35.9 Å². The minimum absolute atomic E-state index is 0.0125. The number of aryl methyl sites for hydroxylation is 1. The van der Waals surface area contributed by atoms with Crippen molar-refractivity contribution in [3.8, 4) is 0 Å². The van der Waals surface area contributed by atoms with Crippen LogP contribution < -0.4 is 0 Å². The highest BCUT2D eigenvalue weighted by Crippen LogP contribution is 2.38. The van der Waals surface area contributed by atoms with Gasteiger partial charge in [-0.1, -0.05) is 75.4 Å². The molecule has 0 radical (unpaired) electrons. The standard InChI is InChI=1S/C31H38N2O2S/c1-22(2)33(28(34)16-11-23-9-7-6-8-10-23)21-29(35)32-19-17-27-26(18-20-36-27)30(32)24-12-14-25(15-13-24)31(3,4)5/h6-10,12-15,18,20,22,30H,11,16-17,19,21H2,1-5H3. The van der Waals surface area contributed by atoms with E-state index < -0.39 is 0 Å². The van der Waals surface area contributed by atoms with E-state index in [1.165, 1.54) is 16.0 Å². The Morgan fingerprint density at radius 3 is 2.36 bits per heavy atom. The van der Waals surface area contributed by atoms with E-state index in [9.17, 15) is 9.59 Å². The van der Waals surface area contributed by atoms with Gasteiger partial charge in [-0.05, 0) is 65.8 Å². The number of carbonyl (C=O) groups is 2. The lowest BCUT2D eigenvalue weighted by atomic mass is 9.85. The summed E-state index contributed by atoms with van der Waals surface area (Å²) in [6, 6.07) is 20.8. The van der Waals surface area contributed by atoms with Crippen molar-refractivity contribution < 1.29 is 9.59 Å². The van der Waals surface area contributed by atoms with Gasteiger partial charge in [-0.3, -0.25) is 9.59 Å². The number of hydrogen-bond donors (Lipinski definition) is 0. The number of benzene rings is 2. The number of hydrogen-bond acceptors (Lipinski definition) is 3. The van der Waals surface area contributed by atoms with Crippen LogP contribution in [0.2, 0.25) is 0 Å². The minimum Gasteiger partial charge on any atom is -0.331 e. The predicted octanol–water partition coefficient (Wildman–Crippen LogP) is 6.39. The molecule has 190 valence electrons. The molecule has 2 heterocycles. The van der Waals surface area contributed by atoms with Gasteiger partial charge in [0.25, 0.3) is 0 Å². The van der Waals surface area contributed by atoms with Crippen molar-refractivity contribution in [1.29, 1.82) is 0 Å². The molecule has 0 saturated carbocycles. The van der Waals surface area contributed by atoms with Crippen molar-refractivity contribution in [3.05, 3.63) is 93.2 Å². The van der Waals surface area contributed by atoms with Gasteiger partial charge in [0.15, 0.2) is 0 Å². The third kappa shape index (κ3) is 5.89. The smallest absolute Gasteiger partial charge is 0.243 e. The van der Waals surface area contributed by atoms with Gasteiger partial charge in [0, 0.05) is 23.9 Å². The molecule has 0 aliphatic carbocycles. The zero-order valence-electron chi connectivity index (χ0n) is 22.2. The monoisotopic (exact) mass is 502 g/mol. The molecule has 2 amide bonds. The number of fused-ring (bicyclic) bond motifs is 1. The predicted molar refractivity (Wildman–Crippen MR) is 148 cm³/mol. The Hall–Kier alpha value is -2.92. The molecule has 1 atom stereocenters. The topological polar surface area (TPSA) is 40.6 Å².